The third-order valence-electron chi connectivity index (χ3n) is 4.82. The summed E-state index contributed by atoms with van der Waals surface area (Å²) in [6.07, 6.45) is 3.16. The van der Waals surface area contributed by atoms with Crippen molar-refractivity contribution in [2.24, 2.45) is 0 Å². The quantitative estimate of drug-likeness (QED) is 0.516. The summed E-state index contributed by atoms with van der Waals surface area (Å²) in [5, 5.41) is 7.30. The van der Waals surface area contributed by atoms with E-state index in [-0.39, 0.29) is 17.8 Å². The molecule has 0 bridgehead atoms. The van der Waals surface area contributed by atoms with Crippen molar-refractivity contribution in [1.29, 1.82) is 0 Å². The molecule has 152 valence electrons. The summed E-state index contributed by atoms with van der Waals surface area (Å²) in [7, 11) is 0. The van der Waals surface area contributed by atoms with Crippen molar-refractivity contribution in [3.8, 4) is 17.0 Å². The molecule has 0 saturated heterocycles. The van der Waals surface area contributed by atoms with Crippen molar-refractivity contribution in [1.82, 2.24) is 19.9 Å². The second-order valence-electron chi connectivity index (χ2n) is 6.83. The van der Waals surface area contributed by atoms with Gasteiger partial charge in [-0.1, -0.05) is 12.1 Å². The van der Waals surface area contributed by atoms with E-state index in [9.17, 15) is 9.18 Å². The predicted octanol–water partition coefficient (Wildman–Crippen LogP) is 4.43. The Morgan fingerprint density at radius 3 is 2.57 bits per heavy atom. The maximum Gasteiger partial charge on any atom is 0.257 e. The summed E-state index contributed by atoms with van der Waals surface area (Å²) >= 11 is 0. The van der Waals surface area contributed by atoms with Crippen molar-refractivity contribution in [3.05, 3.63) is 83.9 Å². The van der Waals surface area contributed by atoms with Crippen LogP contribution in [-0.4, -0.2) is 27.1 Å². The van der Waals surface area contributed by atoms with Crippen molar-refractivity contribution >= 4 is 11.6 Å². The molecule has 0 aliphatic rings. The largest absolute Gasteiger partial charge is 0.494 e. The van der Waals surface area contributed by atoms with Crippen LogP contribution in [0.15, 0.2) is 67.0 Å². The van der Waals surface area contributed by atoms with Crippen LogP contribution in [0.4, 0.5) is 4.39 Å². The highest BCUT2D eigenvalue weighted by molar-refractivity contribution is 6.00. The van der Waals surface area contributed by atoms with Gasteiger partial charge in [-0.25, -0.2) is 13.9 Å². The second kappa shape index (κ2) is 8.32. The van der Waals surface area contributed by atoms with Crippen molar-refractivity contribution < 1.29 is 13.9 Å². The number of nitrogens with one attached hydrogen (secondary N) is 1. The van der Waals surface area contributed by atoms with E-state index in [4.69, 9.17) is 4.74 Å². The van der Waals surface area contributed by atoms with Gasteiger partial charge in [0.1, 0.15) is 17.1 Å². The molecule has 6 nitrogen and oxygen atoms in total. The highest BCUT2D eigenvalue weighted by Crippen LogP contribution is 2.24. The number of amides is 1. The molecule has 0 spiro atoms. The molecule has 0 aliphatic carbocycles. The van der Waals surface area contributed by atoms with Crippen LogP contribution in [0.25, 0.3) is 16.9 Å². The molecule has 30 heavy (non-hydrogen) atoms. The number of ether oxygens (including phenoxy) is 1. The second-order valence-corrected chi connectivity index (χ2v) is 6.83. The Labute approximate surface area is 173 Å². The molecule has 0 radical (unpaired) electrons. The van der Waals surface area contributed by atoms with E-state index in [2.05, 4.69) is 15.4 Å². The molecule has 7 heteroatoms. The van der Waals surface area contributed by atoms with Gasteiger partial charge in [-0.15, -0.1) is 0 Å². The molecule has 1 unspecified atom stereocenters. The fourth-order valence-electron chi connectivity index (χ4n) is 3.27. The minimum absolute atomic E-state index is 0.289. The summed E-state index contributed by atoms with van der Waals surface area (Å²) in [5.74, 6) is 0.186. The Morgan fingerprint density at radius 1 is 1.13 bits per heavy atom. The first-order chi connectivity index (χ1) is 14.6. The molecular weight excluding hydrogens is 383 g/mol. The Morgan fingerprint density at radius 2 is 1.87 bits per heavy atom. The highest BCUT2D eigenvalue weighted by Gasteiger charge is 2.18. The zero-order valence-electron chi connectivity index (χ0n) is 16.7. The molecular formula is C23H21FN4O2. The standard InChI is InChI=1S/C23H21FN4O2/c1-3-30-19-10-6-17(7-11-19)21-12-13-25-22-20(14-26-28(21)22)23(29)27-15(2)16-4-8-18(24)9-5-16/h4-15H,3H2,1-2H3,(H,27,29). The molecule has 0 fully saturated rings. The third kappa shape index (κ3) is 3.87. The van der Waals surface area contributed by atoms with Crippen LogP contribution in [0, 0.1) is 5.82 Å². The summed E-state index contributed by atoms with van der Waals surface area (Å²) in [6.45, 7) is 4.38. The number of nitrogens with zero attached hydrogens (tertiary/aromatic N) is 3. The van der Waals surface area contributed by atoms with Crippen LogP contribution in [0.2, 0.25) is 0 Å². The van der Waals surface area contributed by atoms with E-state index in [1.807, 2.05) is 44.2 Å². The van der Waals surface area contributed by atoms with Gasteiger partial charge in [-0.2, -0.15) is 5.10 Å². The van der Waals surface area contributed by atoms with Gasteiger partial charge in [0.25, 0.3) is 5.91 Å². The summed E-state index contributed by atoms with van der Waals surface area (Å²) < 4.78 is 20.3. The minimum Gasteiger partial charge on any atom is -0.494 e. The first-order valence-corrected chi connectivity index (χ1v) is 9.69. The maximum absolute atomic E-state index is 13.1. The van der Waals surface area contributed by atoms with Crippen LogP contribution in [-0.2, 0) is 0 Å². The molecule has 2 aromatic heterocycles. The molecule has 4 aromatic rings. The van der Waals surface area contributed by atoms with Crippen molar-refractivity contribution in [2.75, 3.05) is 6.61 Å². The molecule has 0 aliphatic heterocycles. The monoisotopic (exact) mass is 404 g/mol. The fourth-order valence-corrected chi connectivity index (χ4v) is 3.27. The molecule has 0 saturated carbocycles. The van der Waals surface area contributed by atoms with E-state index in [0.29, 0.717) is 17.8 Å². The number of aromatic nitrogens is 3. The van der Waals surface area contributed by atoms with Gasteiger partial charge in [0, 0.05) is 11.8 Å². The molecule has 1 N–H and O–H groups in total. The zero-order chi connectivity index (χ0) is 21.1. The van der Waals surface area contributed by atoms with Gasteiger partial charge < -0.3 is 10.1 Å². The van der Waals surface area contributed by atoms with Crippen LogP contribution in [0.5, 0.6) is 5.75 Å². The number of benzene rings is 2. The Kier molecular flexibility index (Phi) is 5.43. The average molecular weight is 404 g/mol. The normalized spacial score (nSPS) is 12.0. The van der Waals surface area contributed by atoms with E-state index >= 15 is 0 Å². The van der Waals surface area contributed by atoms with Crippen LogP contribution >= 0.6 is 0 Å². The van der Waals surface area contributed by atoms with Gasteiger partial charge in [0.05, 0.1) is 24.5 Å². The summed E-state index contributed by atoms with van der Waals surface area (Å²) in [4.78, 5) is 17.2. The first kappa shape index (κ1) is 19.6. The van der Waals surface area contributed by atoms with Crippen LogP contribution in [0.1, 0.15) is 35.8 Å². The lowest BCUT2D eigenvalue weighted by atomic mass is 10.1. The van der Waals surface area contributed by atoms with Crippen LogP contribution < -0.4 is 10.1 Å². The van der Waals surface area contributed by atoms with Gasteiger partial charge in [0.2, 0.25) is 0 Å². The van der Waals surface area contributed by atoms with E-state index in [0.717, 1.165) is 22.6 Å². The number of rotatable bonds is 6. The number of hydrogen-bond acceptors (Lipinski definition) is 4. The molecule has 1 amide bonds. The van der Waals surface area contributed by atoms with E-state index in [1.165, 1.54) is 18.3 Å². The zero-order valence-corrected chi connectivity index (χ0v) is 16.7. The lowest BCUT2D eigenvalue weighted by Crippen LogP contribution is -2.26. The SMILES string of the molecule is CCOc1ccc(-c2ccnc3c(C(=O)NC(C)c4ccc(F)cc4)cnn23)cc1. The smallest absolute Gasteiger partial charge is 0.257 e. The molecule has 1 atom stereocenters. The lowest BCUT2D eigenvalue weighted by Gasteiger charge is -2.13. The number of carbonyl (C=O) groups is 1. The molecule has 2 heterocycles. The topological polar surface area (TPSA) is 68.5 Å². The molecule has 4 rings (SSSR count). The van der Waals surface area contributed by atoms with E-state index < -0.39 is 0 Å². The number of fused-ring (bicyclic) bond motifs is 1. The Hall–Kier alpha value is -3.74. The Balaban J connectivity index is 1.61. The highest BCUT2D eigenvalue weighted by atomic mass is 19.1. The van der Waals surface area contributed by atoms with Gasteiger partial charge in [0.15, 0.2) is 5.65 Å². The Bertz CT molecular complexity index is 1170. The summed E-state index contributed by atoms with van der Waals surface area (Å²) in [5.41, 5.74) is 3.39. The average Bonchev–Trinajstić information content (AvgIpc) is 3.19. The van der Waals surface area contributed by atoms with Crippen LogP contribution in [0.3, 0.4) is 0 Å². The number of hydrogen-bond donors (Lipinski definition) is 1. The first-order valence-electron chi connectivity index (χ1n) is 9.69. The fraction of sp³-hybridized carbons (Fsp3) is 0.174. The van der Waals surface area contributed by atoms with Crippen molar-refractivity contribution in [3.63, 3.8) is 0 Å². The number of carbonyl (C=O) groups excluding carboxylic acids is 1. The number of halogens is 1. The maximum atomic E-state index is 13.1. The molecule has 2 aromatic carbocycles. The van der Waals surface area contributed by atoms with Gasteiger partial charge >= 0.3 is 0 Å². The minimum atomic E-state index is -0.314. The lowest BCUT2D eigenvalue weighted by molar-refractivity contribution is 0.0941. The predicted molar refractivity (Wildman–Crippen MR) is 112 cm³/mol. The van der Waals surface area contributed by atoms with Gasteiger partial charge in [-0.05, 0) is 61.9 Å². The summed E-state index contributed by atoms with van der Waals surface area (Å²) in [6, 6.07) is 15.3. The third-order valence-corrected chi connectivity index (χ3v) is 4.82. The van der Waals surface area contributed by atoms with Gasteiger partial charge in [-0.3, -0.25) is 4.79 Å². The van der Waals surface area contributed by atoms with E-state index in [1.54, 1.807) is 22.8 Å². The van der Waals surface area contributed by atoms with Crippen molar-refractivity contribution in [2.45, 2.75) is 19.9 Å².